The summed E-state index contributed by atoms with van der Waals surface area (Å²) in [6, 6.07) is 25.9. The minimum atomic E-state index is -0.0349. The second kappa shape index (κ2) is 9.13. The fourth-order valence-electron chi connectivity index (χ4n) is 4.44. The van der Waals surface area contributed by atoms with Crippen LogP contribution in [0.3, 0.4) is 0 Å². The van der Waals surface area contributed by atoms with Gasteiger partial charge in [-0.3, -0.25) is 4.79 Å². The third-order valence-electron chi connectivity index (χ3n) is 6.09. The number of thiazole rings is 1. The number of hydrogen-bond acceptors (Lipinski definition) is 4. The van der Waals surface area contributed by atoms with E-state index in [4.69, 9.17) is 16.6 Å². The summed E-state index contributed by atoms with van der Waals surface area (Å²) in [7, 11) is 0. The van der Waals surface area contributed by atoms with E-state index in [9.17, 15) is 4.79 Å². The second-order valence-corrected chi connectivity index (χ2v) is 9.91. The van der Waals surface area contributed by atoms with Crippen molar-refractivity contribution in [2.24, 2.45) is 0 Å². The lowest BCUT2D eigenvalue weighted by Crippen LogP contribution is -2.11. The molecule has 7 heteroatoms. The van der Waals surface area contributed by atoms with Gasteiger partial charge in [0, 0.05) is 27.7 Å². The Kier molecular flexibility index (Phi) is 5.68. The normalized spacial score (nSPS) is 11.5. The molecule has 0 spiro atoms. The first kappa shape index (κ1) is 21.8. The van der Waals surface area contributed by atoms with E-state index in [2.05, 4.69) is 27.4 Å². The number of benzene rings is 3. The van der Waals surface area contributed by atoms with Crippen LogP contribution >= 0.6 is 22.9 Å². The van der Waals surface area contributed by atoms with Crippen LogP contribution in [-0.4, -0.2) is 20.9 Å². The summed E-state index contributed by atoms with van der Waals surface area (Å²) in [5.74, 6) is -0.0349. The number of anilines is 1. The van der Waals surface area contributed by atoms with Gasteiger partial charge in [0.25, 0.3) is 0 Å². The molecule has 3 aromatic heterocycles. The third-order valence-corrected chi connectivity index (χ3v) is 7.28. The minimum Gasteiger partial charge on any atom is -0.353 e. The standard InChI is InChI=1S/C28H21ClN4OS/c29-18-13-15-22-20(16-18)19(27(31-22)24-14-12-17-6-1-2-8-21(17)30-24)7-5-11-26(34)33-28-32-23-9-3-4-10-25(23)35-28/h1-4,6,8-10,12-16,31H,5,7,11H2,(H,32,33,34). The largest absolute Gasteiger partial charge is 0.353 e. The number of para-hydroxylation sites is 2. The van der Waals surface area contributed by atoms with Crippen molar-refractivity contribution in [1.82, 2.24) is 15.0 Å². The Labute approximate surface area is 210 Å². The van der Waals surface area contributed by atoms with Crippen LogP contribution in [0.4, 0.5) is 5.13 Å². The van der Waals surface area contributed by atoms with Gasteiger partial charge in [0.2, 0.25) is 5.91 Å². The number of nitrogens with one attached hydrogen (secondary N) is 2. The Morgan fingerprint density at radius 3 is 2.66 bits per heavy atom. The number of H-pyrrole nitrogens is 1. The number of aromatic amines is 1. The maximum Gasteiger partial charge on any atom is 0.226 e. The number of halogens is 1. The summed E-state index contributed by atoms with van der Waals surface area (Å²) in [5, 5.41) is 6.44. The van der Waals surface area contributed by atoms with Gasteiger partial charge in [-0.25, -0.2) is 9.97 Å². The molecule has 0 unspecified atom stereocenters. The molecular formula is C28H21ClN4OS. The lowest BCUT2D eigenvalue weighted by Gasteiger charge is -2.07. The molecule has 0 aliphatic heterocycles. The molecule has 3 aromatic carbocycles. The summed E-state index contributed by atoms with van der Waals surface area (Å²) < 4.78 is 1.06. The average molecular weight is 497 g/mol. The number of rotatable bonds is 6. The van der Waals surface area contributed by atoms with Crippen molar-refractivity contribution in [3.05, 3.63) is 89.4 Å². The first-order chi connectivity index (χ1) is 17.1. The zero-order valence-electron chi connectivity index (χ0n) is 18.7. The predicted molar refractivity (Wildman–Crippen MR) is 145 cm³/mol. The van der Waals surface area contributed by atoms with E-state index in [1.54, 1.807) is 0 Å². The molecule has 1 amide bonds. The lowest BCUT2D eigenvalue weighted by molar-refractivity contribution is -0.116. The van der Waals surface area contributed by atoms with Crippen molar-refractivity contribution in [1.29, 1.82) is 0 Å². The van der Waals surface area contributed by atoms with Crippen molar-refractivity contribution >= 4 is 66.0 Å². The van der Waals surface area contributed by atoms with E-state index in [-0.39, 0.29) is 5.91 Å². The highest BCUT2D eigenvalue weighted by molar-refractivity contribution is 7.22. The van der Waals surface area contributed by atoms with Crippen molar-refractivity contribution in [2.75, 3.05) is 5.32 Å². The van der Waals surface area contributed by atoms with Crippen LogP contribution in [0.1, 0.15) is 18.4 Å². The maximum atomic E-state index is 12.7. The van der Waals surface area contributed by atoms with E-state index in [0.29, 0.717) is 23.0 Å². The molecule has 0 saturated heterocycles. The zero-order chi connectivity index (χ0) is 23.8. The number of aromatic nitrogens is 3. The minimum absolute atomic E-state index is 0.0349. The highest BCUT2D eigenvalue weighted by Gasteiger charge is 2.16. The van der Waals surface area contributed by atoms with E-state index in [0.717, 1.165) is 55.4 Å². The van der Waals surface area contributed by atoms with Crippen LogP contribution in [0.2, 0.25) is 5.02 Å². The molecule has 172 valence electrons. The molecule has 2 N–H and O–H groups in total. The van der Waals surface area contributed by atoms with Crippen molar-refractivity contribution in [3.8, 4) is 11.4 Å². The van der Waals surface area contributed by atoms with Crippen LogP contribution in [0, 0.1) is 0 Å². The van der Waals surface area contributed by atoms with Gasteiger partial charge in [0.05, 0.1) is 27.1 Å². The Balaban J connectivity index is 1.25. The van der Waals surface area contributed by atoms with Crippen molar-refractivity contribution in [3.63, 3.8) is 0 Å². The summed E-state index contributed by atoms with van der Waals surface area (Å²) >= 11 is 7.82. The van der Waals surface area contributed by atoms with Crippen molar-refractivity contribution in [2.45, 2.75) is 19.3 Å². The Hall–Kier alpha value is -3.74. The molecule has 0 aliphatic carbocycles. The second-order valence-electron chi connectivity index (χ2n) is 8.45. The van der Waals surface area contributed by atoms with E-state index >= 15 is 0 Å². The van der Waals surface area contributed by atoms with E-state index < -0.39 is 0 Å². The van der Waals surface area contributed by atoms with Crippen LogP contribution in [0.25, 0.3) is 43.4 Å². The Bertz CT molecular complexity index is 1670. The molecule has 5 nitrogen and oxygen atoms in total. The zero-order valence-corrected chi connectivity index (χ0v) is 20.3. The van der Waals surface area contributed by atoms with Crippen LogP contribution in [0.15, 0.2) is 78.9 Å². The van der Waals surface area contributed by atoms with Gasteiger partial charge in [-0.05, 0) is 60.9 Å². The predicted octanol–water partition coefficient (Wildman–Crippen LogP) is 7.61. The number of fused-ring (bicyclic) bond motifs is 3. The van der Waals surface area contributed by atoms with E-state index in [1.807, 2.05) is 66.7 Å². The molecule has 0 aliphatic rings. The van der Waals surface area contributed by atoms with Crippen LogP contribution < -0.4 is 5.32 Å². The van der Waals surface area contributed by atoms with Gasteiger partial charge in [-0.2, -0.15) is 0 Å². The van der Waals surface area contributed by atoms with Gasteiger partial charge in [-0.15, -0.1) is 0 Å². The Morgan fingerprint density at radius 2 is 1.77 bits per heavy atom. The van der Waals surface area contributed by atoms with Gasteiger partial charge in [0.1, 0.15) is 0 Å². The molecule has 0 atom stereocenters. The molecule has 3 heterocycles. The number of carbonyl (C=O) groups excluding carboxylic acids is 1. The highest BCUT2D eigenvalue weighted by Crippen LogP contribution is 2.33. The Morgan fingerprint density at radius 1 is 0.943 bits per heavy atom. The molecule has 35 heavy (non-hydrogen) atoms. The first-order valence-corrected chi connectivity index (χ1v) is 12.7. The molecule has 0 radical (unpaired) electrons. The molecule has 6 rings (SSSR count). The molecule has 0 bridgehead atoms. The molecule has 0 saturated carbocycles. The first-order valence-electron chi connectivity index (χ1n) is 11.5. The van der Waals surface area contributed by atoms with Crippen LogP contribution in [-0.2, 0) is 11.2 Å². The monoisotopic (exact) mass is 496 g/mol. The van der Waals surface area contributed by atoms with Gasteiger partial charge < -0.3 is 10.3 Å². The summed E-state index contributed by atoms with van der Waals surface area (Å²) in [6.07, 6.45) is 1.81. The molecule has 6 aromatic rings. The maximum absolute atomic E-state index is 12.7. The smallest absolute Gasteiger partial charge is 0.226 e. The highest BCUT2D eigenvalue weighted by atomic mass is 35.5. The number of aryl methyl sites for hydroxylation is 1. The van der Waals surface area contributed by atoms with Crippen LogP contribution in [0.5, 0.6) is 0 Å². The van der Waals surface area contributed by atoms with Gasteiger partial charge >= 0.3 is 0 Å². The number of amides is 1. The molecule has 0 fully saturated rings. The fourth-order valence-corrected chi connectivity index (χ4v) is 5.49. The van der Waals surface area contributed by atoms with Gasteiger partial charge in [0.15, 0.2) is 5.13 Å². The summed E-state index contributed by atoms with van der Waals surface area (Å²) in [4.78, 5) is 25.6. The number of pyridine rings is 1. The topological polar surface area (TPSA) is 70.7 Å². The average Bonchev–Trinajstić information content (AvgIpc) is 3.44. The van der Waals surface area contributed by atoms with Crippen molar-refractivity contribution < 1.29 is 4.79 Å². The number of hydrogen-bond donors (Lipinski definition) is 2. The van der Waals surface area contributed by atoms with E-state index in [1.165, 1.54) is 11.3 Å². The third kappa shape index (κ3) is 4.38. The number of carbonyl (C=O) groups is 1. The quantitative estimate of drug-likeness (QED) is 0.249. The molecular weight excluding hydrogens is 476 g/mol. The fraction of sp³-hybridized carbons (Fsp3) is 0.107. The van der Waals surface area contributed by atoms with Gasteiger partial charge in [-0.1, -0.05) is 59.3 Å². The summed E-state index contributed by atoms with van der Waals surface area (Å²) in [6.45, 7) is 0. The summed E-state index contributed by atoms with van der Waals surface area (Å²) in [5.41, 5.74) is 5.83. The number of nitrogens with zero attached hydrogens (tertiary/aromatic N) is 2. The lowest BCUT2D eigenvalue weighted by atomic mass is 10.0. The SMILES string of the molecule is O=C(CCCc1c(-c2ccc3ccccc3n2)[nH]c2ccc(Cl)cc12)Nc1nc2ccccc2s1.